The third-order valence-corrected chi connectivity index (χ3v) is 6.51. The molecule has 170 valence electrons. The molecule has 0 radical (unpaired) electrons. The van der Waals surface area contributed by atoms with Crippen LogP contribution in [0.3, 0.4) is 0 Å². The molecular formula is C27H24N4O3. The van der Waals surface area contributed by atoms with Gasteiger partial charge >= 0.3 is 0 Å². The highest BCUT2D eigenvalue weighted by molar-refractivity contribution is 6.17. The summed E-state index contributed by atoms with van der Waals surface area (Å²) in [6.45, 7) is 4.00. The number of aromatic hydroxyl groups is 1. The number of ketones is 1. The molecule has 1 fully saturated rings. The number of phenols is 1. The van der Waals surface area contributed by atoms with Crippen LogP contribution in [-0.2, 0) is 7.05 Å². The van der Waals surface area contributed by atoms with Gasteiger partial charge in [-0.3, -0.25) is 4.79 Å². The number of Topliss-reactive ketones (excluding diaryl/α,β-unsaturated/α-hetero) is 1. The number of aryl methyl sites for hydroxylation is 1. The van der Waals surface area contributed by atoms with Gasteiger partial charge in [-0.05, 0) is 47.5 Å². The number of pyridine rings is 1. The number of hydrogen-bond donors (Lipinski definition) is 2. The molecule has 6 rings (SSSR count). The standard InChI is InChI=1S/C27H24N4O3/c1-30-16-18(15-23-26(33)25-21(32)3-2-4-22(25)34-23)24-20(9-10-29-27(24)30)17-5-7-19(8-6-17)31-13-11-28-12-14-31/h2-10,15-16,28,32H,11-14H2,1H3/b23-15-. The lowest BCUT2D eigenvalue weighted by atomic mass is 10.00. The number of allylic oxidation sites excluding steroid dienone is 1. The number of hydrogen-bond acceptors (Lipinski definition) is 6. The molecule has 4 heterocycles. The Morgan fingerprint density at radius 1 is 1.09 bits per heavy atom. The Labute approximate surface area is 196 Å². The van der Waals surface area contributed by atoms with Crippen LogP contribution in [0.5, 0.6) is 11.5 Å². The number of carbonyl (C=O) groups is 1. The first-order valence-corrected chi connectivity index (χ1v) is 11.4. The van der Waals surface area contributed by atoms with Crippen LogP contribution in [0, 0.1) is 0 Å². The molecule has 2 N–H and O–H groups in total. The third-order valence-electron chi connectivity index (χ3n) is 6.51. The average Bonchev–Trinajstić information content (AvgIpc) is 3.37. The Morgan fingerprint density at radius 2 is 1.88 bits per heavy atom. The minimum Gasteiger partial charge on any atom is -0.507 e. The van der Waals surface area contributed by atoms with E-state index in [2.05, 4.69) is 39.5 Å². The van der Waals surface area contributed by atoms with Gasteiger partial charge in [0.2, 0.25) is 5.78 Å². The molecule has 2 aromatic heterocycles. The fourth-order valence-corrected chi connectivity index (χ4v) is 4.82. The summed E-state index contributed by atoms with van der Waals surface area (Å²) in [5, 5.41) is 14.5. The van der Waals surface area contributed by atoms with E-state index in [1.165, 1.54) is 11.8 Å². The van der Waals surface area contributed by atoms with Crippen LogP contribution in [0.2, 0.25) is 0 Å². The summed E-state index contributed by atoms with van der Waals surface area (Å²) in [4.78, 5) is 19.9. The molecule has 0 aliphatic carbocycles. The van der Waals surface area contributed by atoms with E-state index in [9.17, 15) is 9.90 Å². The monoisotopic (exact) mass is 452 g/mol. The van der Waals surface area contributed by atoms with Gasteiger partial charge in [0.15, 0.2) is 5.76 Å². The largest absolute Gasteiger partial charge is 0.507 e. The lowest BCUT2D eigenvalue weighted by molar-refractivity contribution is 0.101. The number of nitrogens with zero attached hydrogens (tertiary/aromatic N) is 3. The highest BCUT2D eigenvalue weighted by Crippen LogP contribution is 2.39. The Balaban J connectivity index is 1.42. The second-order valence-electron chi connectivity index (χ2n) is 8.63. The first-order valence-electron chi connectivity index (χ1n) is 11.4. The van der Waals surface area contributed by atoms with Gasteiger partial charge in [0.25, 0.3) is 0 Å². The Bertz CT molecular complexity index is 1450. The van der Waals surface area contributed by atoms with Crippen LogP contribution < -0.4 is 15.0 Å². The molecule has 7 heteroatoms. The summed E-state index contributed by atoms with van der Waals surface area (Å²) in [7, 11) is 1.94. The van der Waals surface area contributed by atoms with Gasteiger partial charge in [-0.25, -0.2) is 4.98 Å². The lowest BCUT2D eigenvalue weighted by Gasteiger charge is -2.29. The number of ether oxygens (including phenoxy) is 1. The van der Waals surface area contributed by atoms with Crippen molar-refractivity contribution in [3.05, 3.63) is 77.8 Å². The molecule has 34 heavy (non-hydrogen) atoms. The van der Waals surface area contributed by atoms with Crippen molar-refractivity contribution in [3.8, 4) is 22.6 Å². The zero-order valence-corrected chi connectivity index (χ0v) is 18.8. The fourth-order valence-electron chi connectivity index (χ4n) is 4.82. The van der Waals surface area contributed by atoms with Crippen molar-refractivity contribution >= 4 is 28.6 Å². The van der Waals surface area contributed by atoms with Crippen LogP contribution in [0.4, 0.5) is 5.69 Å². The molecule has 0 unspecified atom stereocenters. The minimum absolute atomic E-state index is 0.0734. The number of aromatic nitrogens is 2. The first-order chi connectivity index (χ1) is 16.6. The minimum atomic E-state index is -0.323. The van der Waals surface area contributed by atoms with Gasteiger partial charge in [-0.2, -0.15) is 0 Å². The van der Waals surface area contributed by atoms with Crippen molar-refractivity contribution < 1.29 is 14.6 Å². The van der Waals surface area contributed by atoms with Gasteiger partial charge in [0.05, 0.1) is 0 Å². The smallest absolute Gasteiger partial charge is 0.235 e. The van der Waals surface area contributed by atoms with E-state index in [1.807, 2.05) is 30.1 Å². The molecule has 0 atom stereocenters. The van der Waals surface area contributed by atoms with E-state index in [0.717, 1.165) is 53.9 Å². The highest BCUT2D eigenvalue weighted by Gasteiger charge is 2.30. The number of nitrogens with one attached hydrogen (secondary N) is 1. The zero-order valence-electron chi connectivity index (χ0n) is 18.8. The Kier molecular flexibility index (Phi) is 4.85. The molecule has 2 aliphatic heterocycles. The van der Waals surface area contributed by atoms with Gasteiger partial charge < -0.3 is 24.6 Å². The maximum Gasteiger partial charge on any atom is 0.235 e. The van der Waals surface area contributed by atoms with E-state index in [1.54, 1.807) is 18.2 Å². The van der Waals surface area contributed by atoms with Crippen LogP contribution in [0.15, 0.2) is 66.7 Å². The number of anilines is 1. The van der Waals surface area contributed by atoms with E-state index in [4.69, 9.17) is 4.74 Å². The molecule has 4 aromatic rings. The number of phenolic OH excluding ortho intramolecular Hbond substituents is 1. The summed E-state index contributed by atoms with van der Waals surface area (Å²) >= 11 is 0. The average molecular weight is 453 g/mol. The quantitative estimate of drug-likeness (QED) is 0.458. The van der Waals surface area contributed by atoms with E-state index in [-0.39, 0.29) is 22.9 Å². The van der Waals surface area contributed by atoms with Gasteiger partial charge in [-0.1, -0.05) is 18.2 Å². The molecule has 0 saturated carbocycles. The second-order valence-corrected chi connectivity index (χ2v) is 8.63. The maximum atomic E-state index is 12.9. The molecule has 2 aromatic carbocycles. The molecule has 2 aliphatic rings. The summed E-state index contributed by atoms with van der Waals surface area (Å²) < 4.78 is 7.75. The second kappa shape index (κ2) is 8.04. The van der Waals surface area contributed by atoms with Crippen LogP contribution >= 0.6 is 0 Å². The van der Waals surface area contributed by atoms with Gasteiger partial charge in [0.1, 0.15) is 22.7 Å². The normalized spacial score (nSPS) is 16.8. The van der Waals surface area contributed by atoms with Gasteiger partial charge in [-0.15, -0.1) is 0 Å². The first kappa shape index (κ1) is 20.5. The number of fused-ring (bicyclic) bond motifs is 2. The highest BCUT2D eigenvalue weighted by atomic mass is 16.5. The van der Waals surface area contributed by atoms with Crippen molar-refractivity contribution in [2.75, 3.05) is 31.1 Å². The molecule has 0 amide bonds. The van der Waals surface area contributed by atoms with Crippen molar-refractivity contribution in [1.82, 2.24) is 14.9 Å². The predicted octanol–water partition coefficient (Wildman–Crippen LogP) is 3.97. The summed E-state index contributed by atoms with van der Waals surface area (Å²) in [5.74, 6) is 0.165. The van der Waals surface area contributed by atoms with E-state index in [0.29, 0.717) is 5.75 Å². The van der Waals surface area contributed by atoms with Crippen molar-refractivity contribution in [2.24, 2.45) is 7.05 Å². The summed E-state index contributed by atoms with van der Waals surface area (Å²) in [6, 6.07) is 15.4. The molecule has 7 nitrogen and oxygen atoms in total. The number of carbonyl (C=O) groups excluding carboxylic acids is 1. The third kappa shape index (κ3) is 3.33. The molecule has 0 spiro atoms. The number of rotatable bonds is 3. The number of piperazine rings is 1. The molecule has 1 saturated heterocycles. The zero-order chi connectivity index (χ0) is 23.2. The van der Waals surface area contributed by atoms with Crippen molar-refractivity contribution in [3.63, 3.8) is 0 Å². The fraction of sp³-hybridized carbons (Fsp3) is 0.185. The Morgan fingerprint density at radius 3 is 2.65 bits per heavy atom. The van der Waals surface area contributed by atoms with E-state index < -0.39 is 0 Å². The van der Waals surface area contributed by atoms with Gasteiger partial charge in [0, 0.05) is 62.3 Å². The van der Waals surface area contributed by atoms with Crippen molar-refractivity contribution in [2.45, 2.75) is 0 Å². The van der Waals surface area contributed by atoms with Crippen LogP contribution in [0.1, 0.15) is 15.9 Å². The van der Waals surface area contributed by atoms with Crippen molar-refractivity contribution in [1.29, 1.82) is 0 Å². The Hall–Kier alpha value is -4.10. The maximum absolute atomic E-state index is 12.9. The SMILES string of the molecule is Cn1cc(/C=C2\Oc3cccc(O)c3C2=O)c2c(-c3ccc(N4CCNCC4)cc3)ccnc21. The topological polar surface area (TPSA) is 79.6 Å². The van der Waals surface area contributed by atoms with Crippen LogP contribution in [-0.4, -0.2) is 46.6 Å². The lowest BCUT2D eigenvalue weighted by Crippen LogP contribution is -2.43. The predicted molar refractivity (Wildman–Crippen MR) is 132 cm³/mol. The molecule has 0 bridgehead atoms. The van der Waals surface area contributed by atoms with E-state index >= 15 is 0 Å². The summed E-state index contributed by atoms with van der Waals surface area (Å²) in [5.41, 5.74) is 5.19. The number of benzene rings is 2. The van der Waals surface area contributed by atoms with Crippen LogP contribution in [0.25, 0.3) is 28.2 Å². The molecular weight excluding hydrogens is 428 g/mol. The summed E-state index contributed by atoms with van der Waals surface area (Å²) in [6.07, 6.45) is 5.50.